The van der Waals surface area contributed by atoms with Gasteiger partial charge in [-0.05, 0) is 24.6 Å². The number of carbonyl (C=O) groups is 1. The predicted molar refractivity (Wildman–Crippen MR) is 57.7 cm³/mol. The number of methoxy groups -OCH3 is 1. The maximum Gasteiger partial charge on any atom is 0.321 e. The Bertz CT molecular complexity index is 411. The summed E-state index contributed by atoms with van der Waals surface area (Å²) in [7, 11) is 1.46. The molecule has 1 aromatic carbocycles. The minimum Gasteiger partial charge on any atom is -0.496 e. The van der Waals surface area contributed by atoms with Gasteiger partial charge in [-0.1, -0.05) is 18.2 Å². The number of carbonyl (C=O) groups excluding carboxylic acids is 1. The third-order valence-electron chi connectivity index (χ3n) is 2.10. The number of ether oxygens (including phenoxy) is 1. The van der Waals surface area contributed by atoms with Crippen LogP contribution in [0.1, 0.15) is 12.5 Å². The molecule has 0 heterocycles. The lowest BCUT2D eigenvalue weighted by Crippen LogP contribution is -2.13. The van der Waals surface area contributed by atoms with Crippen molar-refractivity contribution < 1.29 is 18.3 Å². The van der Waals surface area contributed by atoms with E-state index in [-0.39, 0.29) is 6.29 Å². The van der Waals surface area contributed by atoms with Gasteiger partial charge in [-0.3, -0.25) is 4.79 Å². The first kappa shape index (κ1) is 12.4. The average Bonchev–Trinajstić information content (AvgIpc) is 2.28. The van der Waals surface area contributed by atoms with Crippen molar-refractivity contribution in [2.45, 2.75) is 12.8 Å². The molecular weight excluding hydrogens is 214 g/mol. The van der Waals surface area contributed by atoms with E-state index in [1.165, 1.54) is 14.0 Å². The number of rotatable bonds is 4. The largest absolute Gasteiger partial charge is 0.496 e. The summed E-state index contributed by atoms with van der Waals surface area (Å²) < 4.78 is 30.7. The Morgan fingerprint density at radius 3 is 2.56 bits per heavy atom. The minimum atomic E-state index is -3.44. The van der Waals surface area contributed by atoms with Crippen LogP contribution in [-0.4, -0.2) is 19.3 Å². The molecule has 0 bridgehead atoms. The van der Waals surface area contributed by atoms with Crippen molar-refractivity contribution in [2.75, 3.05) is 7.11 Å². The zero-order valence-corrected chi connectivity index (χ0v) is 9.04. The topological polar surface area (TPSA) is 26.3 Å². The van der Waals surface area contributed by atoms with E-state index in [0.29, 0.717) is 23.0 Å². The molecule has 0 aliphatic heterocycles. The Hall–Kier alpha value is -1.71. The number of hydrogen-bond acceptors (Lipinski definition) is 2. The molecule has 0 saturated carbocycles. The second kappa shape index (κ2) is 4.88. The summed E-state index contributed by atoms with van der Waals surface area (Å²) >= 11 is 0. The fourth-order valence-corrected chi connectivity index (χ4v) is 1.37. The summed E-state index contributed by atoms with van der Waals surface area (Å²) in [6.45, 7) is 1.51. The molecular formula is C12H12F2O2. The van der Waals surface area contributed by atoms with Gasteiger partial charge < -0.3 is 4.74 Å². The van der Waals surface area contributed by atoms with E-state index in [1.807, 2.05) is 0 Å². The van der Waals surface area contributed by atoms with Crippen LogP contribution >= 0.6 is 0 Å². The molecule has 0 aliphatic carbocycles. The summed E-state index contributed by atoms with van der Waals surface area (Å²) in [6.07, 6.45) is 0.240. The Morgan fingerprint density at radius 2 is 2.00 bits per heavy atom. The summed E-state index contributed by atoms with van der Waals surface area (Å²) in [4.78, 5) is 10.1. The van der Waals surface area contributed by atoms with Crippen LogP contribution in [0.3, 0.4) is 0 Å². The van der Waals surface area contributed by atoms with Crippen molar-refractivity contribution in [2.24, 2.45) is 0 Å². The Balaban J connectivity index is 3.14. The molecule has 86 valence electrons. The highest BCUT2D eigenvalue weighted by Gasteiger charge is 2.25. The maximum absolute atomic E-state index is 12.8. The maximum atomic E-state index is 12.8. The van der Waals surface area contributed by atoms with E-state index < -0.39 is 5.92 Å². The molecule has 0 radical (unpaired) electrons. The van der Waals surface area contributed by atoms with Crippen molar-refractivity contribution >= 4 is 11.9 Å². The number of para-hydroxylation sites is 1. The zero-order chi connectivity index (χ0) is 12.2. The second-order valence-corrected chi connectivity index (χ2v) is 3.32. The van der Waals surface area contributed by atoms with Crippen LogP contribution in [0.25, 0.3) is 5.57 Å². The molecule has 1 aromatic rings. The second-order valence-electron chi connectivity index (χ2n) is 3.32. The molecule has 0 fully saturated rings. The first-order chi connectivity index (χ1) is 7.50. The third-order valence-corrected chi connectivity index (χ3v) is 2.10. The molecule has 1 rings (SSSR count). The Morgan fingerprint density at radius 1 is 1.38 bits per heavy atom. The van der Waals surface area contributed by atoms with E-state index in [2.05, 4.69) is 0 Å². The highest BCUT2D eigenvalue weighted by molar-refractivity contribution is 5.74. The van der Waals surface area contributed by atoms with Crippen LogP contribution in [0.2, 0.25) is 0 Å². The molecule has 0 aliphatic rings. The Labute approximate surface area is 92.5 Å². The number of hydrogen-bond donors (Lipinski definition) is 0. The average molecular weight is 226 g/mol. The molecule has 0 unspecified atom stereocenters. The van der Waals surface area contributed by atoms with Crippen LogP contribution in [0.4, 0.5) is 8.78 Å². The van der Waals surface area contributed by atoms with Gasteiger partial charge in [0.2, 0.25) is 0 Å². The fraction of sp³-hybridized carbons (Fsp3) is 0.250. The van der Waals surface area contributed by atoms with Gasteiger partial charge in [0.1, 0.15) is 5.75 Å². The molecule has 0 saturated heterocycles. The van der Waals surface area contributed by atoms with Crippen LogP contribution in [-0.2, 0) is 4.79 Å². The van der Waals surface area contributed by atoms with Crippen molar-refractivity contribution in [3.8, 4) is 5.75 Å². The molecule has 4 heteroatoms. The summed E-state index contributed by atoms with van der Waals surface area (Å²) in [6, 6.07) is 6.79. The normalized spacial score (nSPS) is 12.4. The lowest BCUT2D eigenvalue weighted by Gasteiger charge is -2.10. The van der Waals surface area contributed by atoms with Crippen molar-refractivity contribution in [1.82, 2.24) is 0 Å². The number of alkyl halides is 2. The van der Waals surface area contributed by atoms with E-state index in [0.717, 1.165) is 0 Å². The van der Waals surface area contributed by atoms with Gasteiger partial charge in [-0.15, -0.1) is 0 Å². The minimum absolute atomic E-state index is 0.301. The van der Waals surface area contributed by atoms with Crippen LogP contribution < -0.4 is 4.74 Å². The summed E-state index contributed by atoms with van der Waals surface area (Å²) in [5, 5.41) is 0. The van der Waals surface area contributed by atoms with E-state index in [4.69, 9.17) is 4.74 Å². The van der Waals surface area contributed by atoms with Gasteiger partial charge in [0, 0.05) is 5.56 Å². The highest BCUT2D eigenvalue weighted by atomic mass is 19.3. The van der Waals surface area contributed by atoms with E-state index in [9.17, 15) is 13.6 Å². The molecule has 0 N–H and O–H groups in total. The quantitative estimate of drug-likeness (QED) is 0.738. The van der Waals surface area contributed by atoms with Crippen molar-refractivity contribution in [3.05, 3.63) is 35.9 Å². The van der Waals surface area contributed by atoms with Crippen LogP contribution in [0.5, 0.6) is 5.75 Å². The van der Waals surface area contributed by atoms with Gasteiger partial charge in [0.05, 0.1) is 7.11 Å². The lowest BCUT2D eigenvalue weighted by molar-refractivity contribution is -0.123. The smallest absolute Gasteiger partial charge is 0.321 e. The van der Waals surface area contributed by atoms with Crippen molar-refractivity contribution in [3.63, 3.8) is 0 Å². The number of halogens is 2. The van der Waals surface area contributed by atoms with Crippen LogP contribution in [0.15, 0.2) is 30.3 Å². The van der Waals surface area contributed by atoms with Gasteiger partial charge in [-0.25, -0.2) is 0 Å². The van der Waals surface area contributed by atoms with E-state index in [1.54, 1.807) is 24.3 Å². The molecule has 0 spiro atoms. The first-order valence-corrected chi connectivity index (χ1v) is 4.67. The lowest BCUT2D eigenvalue weighted by atomic mass is 10.0. The fourth-order valence-electron chi connectivity index (χ4n) is 1.37. The van der Waals surface area contributed by atoms with Gasteiger partial charge in [0.25, 0.3) is 0 Å². The monoisotopic (exact) mass is 226 g/mol. The molecule has 0 aromatic heterocycles. The highest BCUT2D eigenvalue weighted by Crippen LogP contribution is 2.28. The SMILES string of the molecule is COc1ccccc1/C(C)=C/C(F)(F)C=O. The first-order valence-electron chi connectivity index (χ1n) is 4.67. The van der Waals surface area contributed by atoms with Gasteiger partial charge >= 0.3 is 5.92 Å². The third kappa shape index (κ3) is 2.89. The summed E-state index contributed by atoms with van der Waals surface area (Å²) in [5.74, 6) is -2.94. The molecule has 2 nitrogen and oxygen atoms in total. The van der Waals surface area contributed by atoms with Gasteiger partial charge in [-0.2, -0.15) is 8.78 Å². The number of benzene rings is 1. The molecule has 0 amide bonds. The zero-order valence-electron chi connectivity index (χ0n) is 9.04. The molecule has 16 heavy (non-hydrogen) atoms. The summed E-state index contributed by atoms with van der Waals surface area (Å²) in [5.41, 5.74) is 0.848. The number of allylic oxidation sites excluding steroid dienone is 2. The Kier molecular flexibility index (Phi) is 3.77. The van der Waals surface area contributed by atoms with Crippen LogP contribution in [0, 0.1) is 0 Å². The molecule has 0 atom stereocenters. The standard InChI is InChI=1S/C12H12F2O2/c1-9(7-12(13,14)8-15)10-5-3-4-6-11(10)16-2/h3-8H,1-2H3/b9-7+. The van der Waals surface area contributed by atoms with E-state index >= 15 is 0 Å². The van der Waals surface area contributed by atoms with Crippen molar-refractivity contribution in [1.29, 1.82) is 0 Å². The predicted octanol–water partition coefficient (Wildman–Crippen LogP) is 2.93. The number of aldehydes is 1. The van der Waals surface area contributed by atoms with Gasteiger partial charge in [0.15, 0.2) is 6.29 Å².